The van der Waals surface area contributed by atoms with Crippen molar-refractivity contribution in [1.29, 1.82) is 0 Å². The Hall–Kier alpha value is -1.79. The third-order valence-corrected chi connectivity index (χ3v) is 7.45. The number of nitrogens with one attached hydrogen (secondary N) is 1. The second-order valence-electron chi connectivity index (χ2n) is 8.65. The van der Waals surface area contributed by atoms with Crippen molar-refractivity contribution in [2.24, 2.45) is 0 Å². The summed E-state index contributed by atoms with van der Waals surface area (Å²) in [4.78, 5) is 8.81. The summed E-state index contributed by atoms with van der Waals surface area (Å²) in [5, 5.41) is 8.32. The number of rotatable bonds is 5. The molecule has 5 heteroatoms. The fourth-order valence-electron chi connectivity index (χ4n) is 4.77. The van der Waals surface area contributed by atoms with Gasteiger partial charge >= 0.3 is 0 Å². The Morgan fingerprint density at radius 1 is 0.968 bits per heavy atom. The third kappa shape index (κ3) is 5.53. The van der Waals surface area contributed by atoms with Crippen molar-refractivity contribution in [2.45, 2.75) is 38.9 Å². The Labute approximate surface area is 190 Å². The molecule has 2 aliphatic heterocycles. The monoisotopic (exact) mass is 437 g/mol. The van der Waals surface area contributed by atoms with Crippen LogP contribution in [0.15, 0.2) is 48.5 Å². The molecule has 0 spiro atoms. The number of hydrogen-bond acceptors (Lipinski definition) is 4. The second kappa shape index (κ2) is 10.7. The number of aliphatic hydroxyl groups excluding tert-OH is 1. The maximum atomic E-state index is 7.00. The van der Waals surface area contributed by atoms with E-state index in [1.165, 1.54) is 77.3 Å². The van der Waals surface area contributed by atoms with Crippen LogP contribution in [0, 0.1) is 0 Å². The molecular weight excluding hydrogens is 402 g/mol. The molecule has 0 radical (unpaired) electrons. The van der Waals surface area contributed by atoms with Crippen LogP contribution in [0.25, 0.3) is 22.0 Å². The molecule has 5 rings (SSSR count). The minimum atomic E-state index is 0.707. The minimum Gasteiger partial charge on any atom is -0.400 e. The molecule has 0 bridgehead atoms. The van der Waals surface area contributed by atoms with Crippen molar-refractivity contribution < 1.29 is 5.11 Å². The first-order valence-corrected chi connectivity index (χ1v) is 12.6. The highest BCUT2D eigenvalue weighted by Crippen LogP contribution is 2.27. The van der Waals surface area contributed by atoms with Gasteiger partial charge in [-0.05, 0) is 67.3 Å². The van der Waals surface area contributed by atoms with E-state index in [0.29, 0.717) is 6.04 Å². The number of benzene rings is 2. The van der Waals surface area contributed by atoms with Gasteiger partial charge in [0.05, 0.1) is 0 Å². The molecule has 1 atom stereocenters. The molecule has 4 nitrogen and oxygen atoms in total. The van der Waals surface area contributed by atoms with Crippen LogP contribution in [-0.2, 0) is 13.1 Å². The summed E-state index contributed by atoms with van der Waals surface area (Å²) in [5.74, 6) is 2.53. The normalized spacial score (nSPS) is 20.0. The van der Waals surface area contributed by atoms with Gasteiger partial charge in [-0.3, -0.25) is 9.80 Å². The lowest BCUT2D eigenvalue weighted by molar-refractivity contribution is 0.258. The average molecular weight is 438 g/mol. The fraction of sp³-hybridized carbons (Fsp3) is 0.462. The number of H-pyrrole nitrogens is 1. The third-order valence-electron chi connectivity index (χ3n) is 6.51. The highest BCUT2D eigenvalue weighted by molar-refractivity contribution is 7.99. The largest absolute Gasteiger partial charge is 0.400 e. The van der Waals surface area contributed by atoms with E-state index in [4.69, 9.17) is 5.11 Å². The number of nitrogens with zero attached hydrogens (tertiary/aromatic N) is 2. The standard InChI is InChI=1S/C25H31N3S.CH4O/c1-19-4-3-9-28(19)18-24-16-23-15-22(7-8-25(23)26-24)21-6-2-5-20(14-21)17-27-10-12-29-13-11-27;1-2/h2,5-8,14-16,19,26H,3-4,9-13,17-18H2,1H3;2H,1H3. The first-order chi connectivity index (χ1) is 15.2. The van der Waals surface area contributed by atoms with E-state index in [0.717, 1.165) is 20.2 Å². The van der Waals surface area contributed by atoms with Gasteiger partial charge < -0.3 is 10.1 Å². The smallest absolute Gasteiger partial charge is 0.0456 e. The summed E-state index contributed by atoms with van der Waals surface area (Å²) in [6.07, 6.45) is 2.66. The molecule has 1 aromatic heterocycles. The van der Waals surface area contributed by atoms with Gasteiger partial charge in [0, 0.05) is 67.4 Å². The van der Waals surface area contributed by atoms with Crippen molar-refractivity contribution >= 4 is 22.7 Å². The van der Waals surface area contributed by atoms with Crippen molar-refractivity contribution in [3.05, 3.63) is 59.8 Å². The molecule has 31 heavy (non-hydrogen) atoms. The molecule has 0 aliphatic carbocycles. The summed E-state index contributed by atoms with van der Waals surface area (Å²) in [5.41, 5.74) is 6.65. The van der Waals surface area contributed by atoms with E-state index in [1.807, 2.05) is 0 Å². The van der Waals surface area contributed by atoms with E-state index >= 15 is 0 Å². The zero-order valence-electron chi connectivity index (χ0n) is 18.8. The number of likely N-dealkylation sites (tertiary alicyclic amines) is 1. The number of aliphatic hydroxyl groups is 1. The molecule has 1 unspecified atom stereocenters. The highest BCUT2D eigenvalue weighted by Gasteiger charge is 2.20. The van der Waals surface area contributed by atoms with E-state index in [1.54, 1.807) is 0 Å². The Bertz CT molecular complexity index is 980. The van der Waals surface area contributed by atoms with Crippen molar-refractivity contribution in [1.82, 2.24) is 14.8 Å². The Kier molecular flexibility index (Phi) is 7.72. The number of hydrogen-bond donors (Lipinski definition) is 2. The number of aromatic amines is 1. The first-order valence-electron chi connectivity index (χ1n) is 11.4. The minimum absolute atomic E-state index is 0.707. The quantitative estimate of drug-likeness (QED) is 0.591. The van der Waals surface area contributed by atoms with E-state index in [2.05, 4.69) is 82.0 Å². The van der Waals surface area contributed by atoms with Crippen LogP contribution in [0.2, 0.25) is 0 Å². The van der Waals surface area contributed by atoms with Crippen molar-refractivity contribution in [3.63, 3.8) is 0 Å². The van der Waals surface area contributed by atoms with E-state index < -0.39 is 0 Å². The lowest BCUT2D eigenvalue weighted by Gasteiger charge is -2.26. The predicted molar refractivity (Wildman–Crippen MR) is 134 cm³/mol. The summed E-state index contributed by atoms with van der Waals surface area (Å²) < 4.78 is 0. The van der Waals surface area contributed by atoms with Crippen LogP contribution >= 0.6 is 11.8 Å². The van der Waals surface area contributed by atoms with Gasteiger partial charge in [-0.25, -0.2) is 0 Å². The Morgan fingerprint density at radius 3 is 2.55 bits per heavy atom. The zero-order valence-corrected chi connectivity index (χ0v) is 19.6. The van der Waals surface area contributed by atoms with E-state index in [9.17, 15) is 0 Å². The molecule has 0 saturated carbocycles. The molecule has 3 heterocycles. The summed E-state index contributed by atoms with van der Waals surface area (Å²) >= 11 is 2.07. The van der Waals surface area contributed by atoms with Gasteiger partial charge in [-0.2, -0.15) is 11.8 Å². The van der Waals surface area contributed by atoms with Gasteiger partial charge in [0.2, 0.25) is 0 Å². The van der Waals surface area contributed by atoms with Gasteiger partial charge in [0.25, 0.3) is 0 Å². The van der Waals surface area contributed by atoms with Crippen LogP contribution in [0.3, 0.4) is 0 Å². The summed E-state index contributed by atoms with van der Waals surface area (Å²) in [6.45, 7) is 8.10. The van der Waals surface area contributed by atoms with E-state index in [-0.39, 0.29) is 0 Å². The van der Waals surface area contributed by atoms with Crippen LogP contribution in [0.1, 0.15) is 31.0 Å². The average Bonchev–Trinajstić information content (AvgIpc) is 3.41. The molecule has 2 aliphatic rings. The van der Waals surface area contributed by atoms with Gasteiger partial charge in [-0.1, -0.05) is 24.3 Å². The van der Waals surface area contributed by atoms with Crippen molar-refractivity contribution in [3.8, 4) is 11.1 Å². The molecule has 2 N–H and O–H groups in total. The first kappa shape index (κ1) is 22.4. The van der Waals surface area contributed by atoms with Crippen LogP contribution in [0.5, 0.6) is 0 Å². The molecule has 166 valence electrons. The predicted octanol–water partition coefficient (Wildman–Crippen LogP) is 4.98. The topological polar surface area (TPSA) is 42.5 Å². The molecule has 3 aromatic rings. The maximum Gasteiger partial charge on any atom is 0.0456 e. The molecule has 2 fully saturated rings. The fourth-order valence-corrected chi connectivity index (χ4v) is 5.75. The van der Waals surface area contributed by atoms with Crippen LogP contribution < -0.4 is 0 Å². The Balaban J connectivity index is 0.00000112. The summed E-state index contributed by atoms with van der Waals surface area (Å²) in [6, 6.07) is 19.0. The number of fused-ring (bicyclic) bond motifs is 1. The Morgan fingerprint density at radius 2 is 1.77 bits per heavy atom. The number of aromatic nitrogens is 1. The van der Waals surface area contributed by atoms with Crippen LogP contribution in [-0.4, -0.2) is 64.2 Å². The molecule has 2 saturated heterocycles. The van der Waals surface area contributed by atoms with Crippen LogP contribution in [0.4, 0.5) is 0 Å². The SMILES string of the molecule is CC1CCCN1Cc1cc2cc(-c3cccc(CN4CCSCC4)c3)ccc2[nH]1.CO. The molecular formula is C26H35N3OS. The lowest BCUT2D eigenvalue weighted by Crippen LogP contribution is -2.31. The van der Waals surface area contributed by atoms with Gasteiger partial charge in [0.1, 0.15) is 0 Å². The van der Waals surface area contributed by atoms with Gasteiger partial charge in [0.15, 0.2) is 0 Å². The maximum absolute atomic E-state index is 7.00. The summed E-state index contributed by atoms with van der Waals surface area (Å²) in [7, 11) is 1.00. The highest BCUT2D eigenvalue weighted by atomic mass is 32.2. The second-order valence-corrected chi connectivity index (χ2v) is 9.87. The zero-order chi connectivity index (χ0) is 21.6. The lowest BCUT2D eigenvalue weighted by atomic mass is 10.0. The van der Waals surface area contributed by atoms with Crippen molar-refractivity contribution in [2.75, 3.05) is 38.2 Å². The molecule has 2 aromatic carbocycles. The number of thioether (sulfide) groups is 1. The van der Waals surface area contributed by atoms with Gasteiger partial charge in [-0.15, -0.1) is 0 Å². The molecule has 0 amide bonds.